The van der Waals surface area contributed by atoms with Crippen molar-refractivity contribution >= 4 is 11.8 Å². The number of amides is 2. The maximum absolute atomic E-state index is 13.6. The van der Waals surface area contributed by atoms with Crippen molar-refractivity contribution in [3.63, 3.8) is 0 Å². The van der Waals surface area contributed by atoms with Crippen molar-refractivity contribution < 1.29 is 19.4 Å². The topological polar surface area (TPSA) is 85.3 Å². The first kappa shape index (κ1) is 21.1. The molecule has 0 aliphatic carbocycles. The molecule has 2 saturated heterocycles. The second kappa shape index (κ2) is 9.32. The quantitative estimate of drug-likeness (QED) is 0.679. The molecule has 8 nitrogen and oxygen atoms in total. The second-order valence-corrected chi connectivity index (χ2v) is 8.54. The number of aliphatic hydroxyl groups excluding tert-OH is 1. The third-order valence-corrected chi connectivity index (χ3v) is 6.39. The minimum Gasteiger partial charge on any atom is -0.491 e. The van der Waals surface area contributed by atoms with E-state index in [1.807, 2.05) is 17.0 Å². The number of carbonyl (C=O) groups is 2. The molecule has 1 aromatic carbocycles. The van der Waals surface area contributed by atoms with Gasteiger partial charge in [0.05, 0.1) is 18.2 Å². The summed E-state index contributed by atoms with van der Waals surface area (Å²) < 4.78 is 5.97. The Hall–Kier alpha value is -2.16. The number of benzene rings is 1. The number of rotatable bonds is 1. The first-order valence-corrected chi connectivity index (χ1v) is 10.9. The van der Waals surface area contributed by atoms with Gasteiger partial charge in [0.15, 0.2) is 0 Å². The van der Waals surface area contributed by atoms with E-state index in [-0.39, 0.29) is 23.9 Å². The zero-order chi connectivity index (χ0) is 21.1. The van der Waals surface area contributed by atoms with Crippen LogP contribution < -0.4 is 10.1 Å². The van der Waals surface area contributed by atoms with Gasteiger partial charge in [-0.3, -0.25) is 14.5 Å². The van der Waals surface area contributed by atoms with E-state index >= 15 is 0 Å². The molecule has 8 heteroatoms. The number of fused-ring (bicyclic) bond motifs is 3. The molecule has 2 amide bonds. The second-order valence-electron chi connectivity index (χ2n) is 8.54. The molecule has 0 radical (unpaired) electrons. The normalized spacial score (nSPS) is 29.3. The van der Waals surface area contributed by atoms with Gasteiger partial charge >= 0.3 is 0 Å². The highest BCUT2D eigenvalue weighted by atomic mass is 16.5. The molecule has 3 aliphatic rings. The van der Waals surface area contributed by atoms with Crippen LogP contribution in [0.4, 0.5) is 0 Å². The molecule has 2 N–H and O–H groups in total. The molecular formula is C22H32N4O4. The van der Waals surface area contributed by atoms with Gasteiger partial charge in [0, 0.05) is 51.9 Å². The highest BCUT2D eigenvalue weighted by Gasteiger charge is 2.39. The lowest BCUT2D eigenvalue weighted by molar-refractivity contribution is -0.139. The monoisotopic (exact) mass is 416 g/mol. The molecule has 0 spiro atoms. The minimum atomic E-state index is -0.527. The number of aliphatic hydroxyl groups is 1. The van der Waals surface area contributed by atoms with Gasteiger partial charge in [-0.15, -0.1) is 0 Å². The molecular weight excluding hydrogens is 384 g/mol. The zero-order valence-electron chi connectivity index (χ0n) is 17.6. The van der Waals surface area contributed by atoms with Crippen molar-refractivity contribution in [1.82, 2.24) is 20.0 Å². The van der Waals surface area contributed by atoms with E-state index in [0.717, 1.165) is 32.6 Å². The van der Waals surface area contributed by atoms with Gasteiger partial charge in [0.1, 0.15) is 12.4 Å². The van der Waals surface area contributed by atoms with Crippen LogP contribution in [0.15, 0.2) is 24.3 Å². The molecule has 0 unspecified atom stereocenters. The molecule has 3 aliphatic heterocycles. The molecule has 1 aromatic rings. The Balaban J connectivity index is 1.60. The number of hydrogen-bond donors (Lipinski definition) is 2. The van der Waals surface area contributed by atoms with Crippen LogP contribution in [0.25, 0.3) is 0 Å². The Kier molecular flexibility index (Phi) is 6.55. The van der Waals surface area contributed by atoms with Crippen LogP contribution in [0.1, 0.15) is 29.6 Å². The molecule has 0 aromatic heterocycles. The van der Waals surface area contributed by atoms with Crippen LogP contribution in [0.5, 0.6) is 5.75 Å². The fraction of sp³-hybridized carbons (Fsp3) is 0.636. The van der Waals surface area contributed by atoms with Crippen LogP contribution in [0.2, 0.25) is 0 Å². The van der Waals surface area contributed by atoms with Crippen molar-refractivity contribution in [3.05, 3.63) is 29.8 Å². The number of ether oxygens (including phenoxy) is 1. The summed E-state index contributed by atoms with van der Waals surface area (Å²) in [4.78, 5) is 32.2. The number of hydrogen-bond acceptors (Lipinski definition) is 6. The van der Waals surface area contributed by atoms with E-state index < -0.39 is 6.10 Å². The van der Waals surface area contributed by atoms with Gasteiger partial charge in [-0.1, -0.05) is 6.07 Å². The van der Waals surface area contributed by atoms with Gasteiger partial charge < -0.3 is 25.0 Å². The van der Waals surface area contributed by atoms with E-state index in [1.54, 1.807) is 24.1 Å². The van der Waals surface area contributed by atoms with E-state index in [1.165, 1.54) is 0 Å². The smallest absolute Gasteiger partial charge is 0.253 e. The number of nitrogens with one attached hydrogen (secondary N) is 1. The fourth-order valence-corrected chi connectivity index (χ4v) is 4.72. The minimum absolute atomic E-state index is 0.0412. The van der Waals surface area contributed by atoms with Crippen LogP contribution >= 0.6 is 0 Å². The fourth-order valence-electron chi connectivity index (χ4n) is 4.72. The van der Waals surface area contributed by atoms with Gasteiger partial charge in [-0.25, -0.2) is 0 Å². The predicted octanol–water partition coefficient (Wildman–Crippen LogP) is 0.167. The summed E-state index contributed by atoms with van der Waals surface area (Å²) in [7, 11) is 1.80. The van der Waals surface area contributed by atoms with Gasteiger partial charge in [-0.2, -0.15) is 0 Å². The number of carbonyl (C=O) groups excluding carboxylic acids is 2. The van der Waals surface area contributed by atoms with E-state index in [0.29, 0.717) is 43.9 Å². The Morgan fingerprint density at radius 3 is 2.77 bits per heavy atom. The van der Waals surface area contributed by atoms with Gasteiger partial charge in [0.2, 0.25) is 5.91 Å². The van der Waals surface area contributed by atoms with E-state index in [9.17, 15) is 14.7 Å². The summed E-state index contributed by atoms with van der Waals surface area (Å²) in [6, 6.07) is 6.80. The van der Waals surface area contributed by atoms with Gasteiger partial charge in [0.25, 0.3) is 5.91 Å². The van der Waals surface area contributed by atoms with Gasteiger partial charge in [-0.05, 0) is 37.5 Å². The Morgan fingerprint density at radius 1 is 1.17 bits per heavy atom. The Labute approximate surface area is 177 Å². The van der Waals surface area contributed by atoms with Crippen molar-refractivity contribution in [2.24, 2.45) is 0 Å². The lowest BCUT2D eigenvalue weighted by Gasteiger charge is -2.37. The highest BCUT2D eigenvalue weighted by molar-refractivity contribution is 5.94. The lowest BCUT2D eigenvalue weighted by atomic mass is 10.1. The number of nitrogens with zero attached hydrogens (tertiary/aromatic N) is 3. The average molecular weight is 417 g/mol. The van der Waals surface area contributed by atoms with Crippen LogP contribution in [0, 0.1) is 0 Å². The Morgan fingerprint density at radius 2 is 1.97 bits per heavy atom. The molecule has 2 fully saturated rings. The molecule has 3 heterocycles. The maximum atomic E-state index is 13.6. The molecule has 2 bridgehead atoms. The SMILES string of the molecule is CN1CCC[C@H](N2CCNCC2)C(=O)N2C[C@@H](O)C[C@H]2COc2cccc(c2)C1=O. The lowest BCUT2D eigenvalue weighted by Crippen LogP contribution is -2.56. The zero-order valence-corrected chi connectivity index (χ0v) is 17.6. The van der Waals surface area contributed by atoms with Crippen LogP contribution in [-0.4, -0.2) is 103 Å². The molecule has 0 saturated carbocycles. The van der Waals surface area contributed by atoms with Crippen molar-refractivity contribution in [2.75, 3.05) is 52.9 Å². The highest BCUT2D eigenvalue weighted by Crippen LogP contribution is 2.24. The summed E-state index contributed by atoms with van der Waals surface area (Å²) in [5, 5.41) is 13.6. The summed E-state index contributed by atoms with van der Waals surface area (Å²) in [5.41, 5.74) is 0.602. The summed E-state index contributed by atoms with van der Waals surface area (Å²) >= 11 is 0. The molecule has 30 heavy (non-hydrogen) atoms. The predicted molar refractivity (Wildman–Crippen MR) is 112 cm³/mol. The third-order valence-electron chi connectivity index (χ3n) is 6.39. The first-order chi connectivity index (χ1) is 14.5. The maximum Gasteiger partial charge on any atom is 0.253 e. The molecule has 3 atom stereocenters. The van der Waals surface area contributed by atoms with Crippen molar-refractivity contribution in [3.8, 4) is 5.75 Å². The van der Waals surface area contributed by atoms with Crippen molar-refractivity contribution in [2.45, 2.75) is 37.5 Å². The molecule has 164 valence electrons. The number of piperazine rings is 1. The Bertz CT molecular complexity index is 767. The third kappa shape index (κ3) is 4.61. The largest absolute Gasteiger partial charge is 0.491 e. The first-order valence-electron chi connectivity index (χ1n) is 10.9. The summed E-state index contributed by atoms with van der Waals surface area (Å²) in [6.45, 7) is 4.64. The molecule has 4 rings (SSSR count). The van der Waals surface area contributed by atoms with E-state index in [2.05, 4.69) is 10.2 Å². The summed E-state index contributed by atoms with van der Waals surface area (Å²) in [5.74, 6) is 0.640. The van der Waals surface area contributed by atoms with Crippen molar-refractivity contribution in [1.29, 1.82) is 0 Å². The van der Waals surface area contributed by atoms with E-state index in [4.69, 9.17) is 4.74 Å². The van der Waals surface area contributed by atoms with Crippen LogP contribution in [-0.2, 0) is 4.79 Å². The van der Waals surface area contributed by atoms with Crippen LogP contribution in [0.3, 0.4) is 0 Å². The standard InChI is InChI=1S/C22H32N4O4/c1-24-9-3-6-20(25-10-7-23-8-11-25)22(29)26-14-18(27)13-17(26)15-30-19-5-2-4-16(12-19)21(24)28/h2,4-5,12,17-18,20,23,27H,3,6-11,13-15H2,1H3/t17-,18-,20-/m0/s1. The average Bonchev–Trinajstić information content (AvgIpc) is 3.15. The summed E-state index contributed by atoms with van der Waals surface area (Å²) in [6.07, 6.45) is 1.43.